The quantitative estimate of drug-likeness (QED) is 0.563. The standard InChI is InChI=1S/C13H20N2O2/c1-5-6-12(15-8-7-14-9-15)11(4)17-13(16)10(2)3/h7-9,11-12H,2,5-6H2,1,3-4H3. The predicted molar refractivity (Wildman–Crippen MR) is 66.5 cm³/mol. The second-order valence-corrected chi connectivity index (χ2v) is 4.26. The number of hydrogen-bond donors (Lipinski definition) is 0. The van der Waals surface area contributed by atoms with Crippen LogP contribution in [0.3, 0.4) is 0 Å². The number of imidazole rings is 1. The number of carbonyl (C=O) groups is 1. The molecule has 0 N–H and O–H groups in total. The summed E-state index contributed by atoms with van der Waals surface area (Å²) in [5.41, 5.74) is 0.428. The maximum absolute atomic E-state index is 11.5. The molecule has 0 aromatic carbocycles. The molecular weight excluding hydrogens is 216 g/mol. The van der Waals surface area contributed by atoms with Crippen molar-refractivity contribution in [2.24, 2.45) is 0 Å². The lowest BCUT2D eigenvalue weighted by Crippen LogP contribution is -2.26. The smallest absolute Gasteiger partial charge is 0.333 e. The zero-order valence-corrected chi connectivity index (χ0v) is 10.7. The summed E-state index contributed by atoms with van der Waals surface area (Å²) in [5.74, 6) is -0.335. The Hall–Kier alpha value is -1.58. The summed E-state index contributed by atoms with van der Waals surface area (Å²) in [6, 6.07) is 0.130. The summed E-state index contributed by atoms with van der Waals surface area (Å²) in [4.78, 5) is 15.5. The highest BCUT2D eigenvalue weighted by Crippen LogP contribution is 2.21. The molecule has 1 heterocycles. The van der Waals surface area contributed by atoms with Crippen molar-refractivity contribution in [2.45, 2.75) is 45.8 Å². The van der Waals surface area contributed by atoms with Gasteiger partial charge in [0, 0.05) is 18.0 Å². The fourth-order valence-corrected chi connectivity index (χ4v) is 1.74. The third-order valence-electron chi connectivity index (χ3n) is 2.68. The number of ether oxygens (including phenoxy) is 1. The summed E-state index contributed by atoms with van der Waals surface area (Å²) in [5, 5.41) is 0. The molecule has 0 bridgehead atoms. The molecule has 4 nitrogen and oxygen atoms in total. The second kappa shape index (κ2) is 6.23. The zero-order valence-electron chi connectivity index (χ0n) is 10.7. The number of hydrogen-bond acceptors (Lipinski definition) is 3. The van der Waals surface area contributed by atoms with Crippen LogP contribution in [0.2, 0.25) is 0 Å². The van der Waals surface area contributed by atoms with Gasteiger partial charge < -0.3 is 9.30 Å². The molecule has 1 rings (SSSR count). The summed E-state index contributed by atoms with van der Waals surface area (Å²) in [6.07, 6.45) is 7.17. The van der Waals surface area contributed by atoms with Crippen LogP contribution < -0.4 is 0 Å². The summed E-state index contributed by atoms with van der Waals surface area (Å²) in [7, 11) is 0. The van der Waals surface area contributed by atoms with Gasteiger partial charge in [0.1, 0.15) is 6.10 Å². The number of esters is 1. The van der Waals surface area contributed by atoms with Crippen LogP contribution in [0, 0.1) is 0 Å². The lowest BCUT2D eigenvalue weighted by Gasteiger charge is -2.24. The van der Waals surface area contributed by atoms with E-state index in [1.165, 1.54) is 0 Å². The monoisotopic (exact) mass is 236 g/mol. The molecule has 1 aromatic rings. The van der Waals surface area contributed by atoms with Gasteiger partial charge in [-0.05, 0) is 20.3 Å². The van der Waals surface area contributed by atoms with Gasteiger partial charge in [-0.2, -0.15) is 0 Å². The molecule has 0 saturated carbocycles. The zero-order chi connectivity index (χ0) is 12.8. The number of nitrogens with zero attached hydrogens (tertiary/aromatic N) is 2. The van der Waals surface area contributed by atoms with Gasteiger partial charge in [0.2, 0.25) is 0 Å². The molecule has 1 aromatic heterocycles. The van der Waals surface area contributed by atoms with Crippen molar-refractivity contribution in [1.29, 1.82) is 0 Å². The first-order chi connectivity index (χ1) is 8.06. The van der Waals surface area contributed by atoms with Crippen LogP contribution in [0.4, 0.5) is 0 Å². The van der Waals surface area contributed by atoms with Crippen LogP contribution in [0.5, 0.6) is 0 Å². The van der Waals surface area contributed by atoms with Gasteiger partial charge >= 0.3 is 5.97 Å². The van der Waals surface area contributed by atoms with Gasteiger partial charge in [0.05, 0.1) is 12.4 Å². The summed E-state index contributed by atoms with van der Waals surface area (Å²) in [6.45, 7) is 9.25. The van der Waals surface area contributed by atoms with Gasteiger partial charge in [0.15, 0.2) is 0 Å². The Morgan fingerprint density at radius 3 is 2.76 bits per heavy atom. The third kappa shape index (κ3) is 3.73. The van der Waals surface area contributed by atoms with Gasteiger partial charge in [-0.25, -0.2) is 9.78 Å². The van der Waals surface area contributed by atoms with Crippen molar-refractivity contribution in [1.82, 2.24) is 9.55 Å². The number of aromatic nitrogens is 2. The lowest BCUT2D eigenvalue weighted by molar-refractivity contribution is -0.145. The minimum atomic E-state index is -0.335. The first-order valence-corrected chi connectivity index (χ1v) is 5.90. The van der Waals surface area contributed by atoms with Crippen molar-refractivity contribution >= 4 is 5.97 Å². The van der Waals surface area contributed by atoms with E-state index in [0.29, 0.717) is 5.57 Å². The van der Waals surface area contributed by atoms with E-state index in [0.717, 1.165) is 12.8 Å². The molecule has 0 saturated heterocycles. The Morgan fingerprint density at radius 2 is 2.29 bits per heavy atom. The Kier molecular flexibility index (Phi) is 4.94. The minimum Gasteiger partial charge on any atom is -0.457 e. The third-order valence-corrected chi connectivity index (χ3v) is 2.68. The van der Waals surface area contributed by atoms with E-state index in [1.54, 1.807) is 19.4 Å². The van der Waals surface area contributed by atoms with Crippen LogP contribution in [0.25, 0.3) is 0 Å². The Balaban J connectivity index is 2.71. The van der Waals surface area contributed by atoms with Crippen LogP contribution in [0.1, 0.15) is 39.7 Å². The predicted octanol–water partition coefficient (Wildman–Crippen LogP) is 2.73. The average Bonchev–Trinajstić information content (AvgIpc) is 2.78. The van der Waals surface area contributed by atoms with Crippen LogP contribution in [-0.4, -0.2) is 21.6 Å². The normalized spacial score (nSPS) is 14.1. The molecule has 4 heteroatoms. The van der Waals surface area contributed by atoms with Crippen molar-refractivity contribution in [3.8, 4) is 0 Å². The fourth-order valence-electron chi connectivity index (χ4n) is 1.74. The van der Waals surface area contributed by atoms with E-state index >= 15 is 0 Å². The number of rotatable bonds is 6. The number of carbonyl (C=O) groups excluding carboxylic acids is 1. The maximum Gasteiger partial charge on any atom is 0.333 e. The molecule has 2 unspecified atom stereocenters. The van der Waals surface area contributed by atoms with E-state index in [4.69, 9.17) is 4.74 Å². The highest BCUT2D eigenvalue weighted by atomic mass is 16.5. The first kappa shape index (κ1) is 13.5. The summed E-state index contributed by atoms with van der Waals surface area (Å²) >= 11 is 0. The van der Waals surface area contributed by atoms with E-state index < -0.39 is 0 Å². The van der Waals surface area contributed by atoms with Crippen LogP contribution in [0.15, 0.2) is 30.9 Å². The van der Waals surface area contributed by atoms with Gasteiger partial charge in [-0.1, -0.05) is 19.9 Å². The highest BCUT2D eigenvalue weighted by molar-refractivity contribution is 5.87. The first-order valence-electron chi connectivity index (χ1n) is 5.90. The van der Waals surface area contributed by atoms with Gasteiger partial charge in [-0.15, -0.1) is 0 Å². The van der Waals surface area contributed by atoms with Crippen molar-refractivity contribution in [2.75, 3.05) is 0 Å². The maximum atomic E-state index is 11.5. The minimum absolute atomic E-state index is 0.130. The molecule has 0 aliphatic heterocycles. The van der Waals surface area contributed by atoms with Crippen LogP contribution >= 0.6 is 0 Å². The SMILES string of the molecule is C=C(C)C(=O)OC(C)C(CCC)n1ccnc1. The van der Waals surface area contributed by atoms with Crippen molar-refractivity contribution in [3.63, 3.8) is 0 Å². The Bertz CT molecular complexity index is 371. The molecule has 94 valence electrons. The summed E-state index contributed by atoms with van der Waals surface area (Å²) < 4.78 is 7.35. The Morgan fingerprint density at radius 1 is 1.59 bits per heavy atom. The molecule has 0 radical (unpaired) electrons. The highest BCUT2D eigenvalue weighted by Gasteiger charge is 2.21. The molecule has 17 heavy (non-hydrogen) atoms. The topological polar surface area (TPSA) is 44.1 Å². The Labute approximate surface area is 102 Å². The molecule has 2 atom stereocenters. The largest absolute Gasteiger partial charge is 0.457 e. The van der Waals surface area contributed by atoms with Crippen molar-refractivity contribution < 1.29 is 9.53 Å². The van der Waals surface area contributed by atoms with Crippen molar-refractivity contribution in [3.05, 3.63) is 30.9 Å². The second-order valence-electron chi connectivity index (χ2n) is 4.26. The molecule has 0 aliphatic rings. The van der Waals surface area contributed by atoms with E-state index in [-0.39, 0.29) is 18.1 Å². The lowest BCUT2D eigenvalue weighted by atomic mass is 10.1. The van der Waals surface area contributed by atoms with E-state index in [9.17, 15) is 4.79 Å². The van der Waals surface area contributed by atoms with Gasteiger partial charge in [-0.3, -0.25) is 0 Å². The molecule has 0 amide bonds. The molecule has 0 spiro atoms. The molecular formula is C13H20N2O2. The van der Waals surface area contributed by atoms with E-state index in [2.05, 4.69) is 18.5 Å². The van der Waals surface area contributed by atoms with Crippen LogP contribution in [-0.2, 0) is 9.53 Å². The molecule has 0 fully saturated rings. The fraction of sp³-hybridized carbons (Fsp3) is 0.538. The molecule has 0 aliphatic carbocycles. The van der Waals surface area contributed by atoms with E-state index in [1.807, 2.05) is 17.7 Å². The van der Waals surface area contributed by atoms with Gasteiger partial charge in [0.25, 0.3) is 0 Å². The average molecular weight is 236 g/mol.